The molecular formula is C16H23ClN2O2. The molecule has 1 aliphatic heterocycles. The Morgan fingerprint density at radius 2 is 2.29 bits per heavy atom. The van der Waals surface area contributed by atoms with E-state index in [1.165, 1.54) is 0 Å². The average Bonchev–Trinajstić information content (AvgIpc) is 2.95. The van der Waals surface area contributed by atoms with Gasteiger partial charge in [-0.15, -0.1) is 0 Å². The molecule has 1 saturated heterocycles. The van der Waals surface area contributed by atoms with Crippen LogP contribution < -0.4 is 10.1 Å². The van der Waals surface area contributed by atoms with Gasteiger partial charge in [0.05, 0.1) is 5.02 Å². The number of ether oxygens (including phenoxy) is 1. The Morgan fingerprint density at radius 1 is 1.52 bits per heavy atom. The molecule has 2 unspecified atom stereocenters. The molecule has 0 aromatic heterocycles. The van der Waals surface area contributed by atoms with E-state index in [1.807, 2.05) is 31.0 Å². The van der Waals surface area contributed by atoms with E-state index in [-0.39, 0.29) is 5.91 Å². The van der Waals surface area contributed by atoms with Gasteiger partial charge >= 0.3 is 0 Å². The molecule has 116 valence electrons. The minimum absolute atomic E-state index is 0.0658. The summed E-state index contributed by atoms with van der Waals surface area (Å²) in [6.45, 7) is 4.53. The summed E-state index contributed by atoms with van der Waals surface area (Å²) in [4.78, 5) is 14.5. The fourth-order valence-corrected chi connectivity index (χ4v) is 2.87. The molecule has 0 aliphatic carbocycles. The van der Waals surface area contributed by atoms with Crippen molar-refractivity contribution in [3.05, 3.63) is 29.3 Å². The van der Waals surface area contributed by atoms with Gasteiger partial charge in [0.25, 0.3) is 5.91 Å². The van der Waals surface area contributed by atoms with Crippen molar-refractivity contribution in [2.75, 3.05) is 26.7 Å². The monoisotopic (exact) mass is 310 g/mol. The van der Waals surface area contributed by atoms with Crippen LogP contribution in [0, 0.1) is 5.92 Å². The van der Waals surface area contributed by atoms with Crippen LogP contribution in [0.3, 0.4) is 0 Å². The standard InChI is InChI=1S/C16H23ClN2O2/c1-3-14(21-15-7-5-4-6-13(15)17)16(20)19-9-8-12(11-19)10-18-2/h4-7,12,14,18H,3,8-11H2,1-2H3. The number of para-hydroxylation sites is 1. The van der Waals surface area contributed by atoms with Crippen LogP contribution >= 0.6 is 11.6 Å². The number of hydrogen-bond donors (Lipinski definition) is 1. The lowest BCUT2D eigenvalue weighted by Gasteiger charge is -2.24. The lowest BCUT2D eigenvalue weighted by Crippen LogP contribution is -2.41. The Hall–Kier alpha value is -1.26. The zero-order chi connectivity index (χ0) is 15.2. The fraction of sp³-hybridized carbons (Fsp3) is 0.562. The Balaban J connectivity index is 1.98. The third-order valence-corrected chi connectivity index (χ3v) is 4.15. The van der Waals surface area contributed by atoms with Crippen LogP contribution in [0.4, 0.5) is 0 Å². The van der Waals surface area contributed by atoms with Crippen molar-refractivity contribution >= 4 is 17.5 Å². The summed E-state index contributed by atoms with van der Waals surface area (Å²) in [7, 11) is 1.94. The van der Waals surface area contributed by atoms with Gasteiger partial charge in [-0.25, -0.2) is 0 Å². The van der Waals surface area contributed by atoms with Crippen LogP contribution in [0.2, 0.25) is 5.02 Å². The van der Waals surface area contributed by atoms with Crippen molar-refractivity contribution in [2.24, 2.45) is 5.92 Å². The molecule has 4 nitrogen and oxygen atoms in total. The van der Waals surface area contributed by atoms with Crippen molar-refractivity contribution in [2.45, 2.75) is 25.9 Å². The van der Waals surface area contributed by atoms with Gasteiger partial charge in [-0.1, -0.05) is 30.7 Å². The van der Waals surface area contributed by atoms with E-state index < -0.39 is 6.10 Å². The molecule has 1 amide bonds. The molecule has 0 radical (unpaired) electrons. The zero-order valence-electron chi connectivity index (χ0n) is 12.6. The van der Waals surface area contributed by atoms with Crippen LogP contribution in [-0.4, -0.2) is 43.6 Å². The number of amides is 1. The van der Waals surface area contributed by atoms with Crippen molar-refractivity contribution in [1.82, 2.24) is 10.2 Å². The lowest BCUT2D eigenvalue weighted by molar-refractivity contribution is -0.137. The molecule has 1 aromatic carbocycles. The summed E-state index contributed by atoms with van der Waals surface area (Å²) in [5.74, 6) is 1.18. The first kappa shape index (κ1) is 16.1. The van der Waals surface area contributed by atoms with Crippen LogP contribution in [0.5, 0.6) is 5.75 Å². The van der Waals surface area contributed by atoms with E-state index in [0.29, 0.717) is 23.1 Å². The first-order chi connectivity index (χ1) is 10.2. The molecule has 0 spiro atoms. The van der Waals surface area contributed by atoms with E-state index in [9.17, 15) is 4.79 Å². The molecule has 1 aromatic rings. The third kappa shape index (κ3) is 4.11. The van der Waals surface area contributed by atoms with E-state index in [2.05, 4.69) is 5.32 Å². The molecule has 21 heavy (non-hydrogen) atoms. The normalized spacial score (nSPS) is 19.6. The van der Waals surface area contributed by atoms with E-state index in [0.717, 1.165) is 26.1 Å². The predicted molar refractivity (Wildman–Crippen MR) is 84.8 cm³/mol. The summed E-state index contributed by atoms with van der Waals surface area (Å²) < 4.78 is 5.83. The molecule has 2 rings (SSSR count). The Kier molecular flexibility index (Phi) is 5.88. The van der Waals surface area contributed by atoms with Crippen molar-refractivity contribution < 1.29 is 9.53 Å². The van der Waals surface area contributed by atoms with Crippen LogP contribution in [-0.2, 0) is 4.79 Å². The summed E-state index contributed by atoms with van der Waals surface area (Å²) in [5, 5.41) is 3.71. The highest BCUT2D eigenvalue weighted by Gasteiger charge is 2.31. The highest BCUT2D eigenvalue weighted by Crippen LogP contribution is 2.26. The molecule has 0 saturated carbocycles. The number of benzene rings is 1. The van der Waals surface area contributed by atoms with Gasteiger partial charge in [-0.05, 0) is 44.5 Å². The van der Waals surface area contributed by atoms with E-state index in [4.69, 9.17) is 16.3 Å². The van der Waals surface area contributed by atoms with Gasteiger partial charge in [0.15, 0.2) is 6.10 Å². The Morgan fingerprint density at radius 3 is 2.95 bits per heavy atom. The average molecular weight is 311 g/mol. The minimum atomic E-state index is -0.460. The number of hydrogen-bond acceptors (Lipinski definition) is 3. The maximum atomic E-state index is 12.6. The number of carbonyl (C=O) groups excluding carboxylic acids is 1. The first-order valence-electron chi connectivity index (χ1n) is 7.50. The predicted octanol–water partition coefficient (Wildman–Crippen LogP) is 2.57. The number of nitrogens with zero attached hydrogens (tertiary/aromatic N) is 1. The highest BCUT2D eigenvalue weighted by molar-refractivity contribution is 6.32. The summed E-state index contributed by atoms with van der Waals surface area (Å²) >= 11 is 6.10. The Bertz CT molecular complexity index is 481. The van der Waals surface area contributed by atoms with Crippen LogP contribution in [0.1, 0.15) is 19.8 Å². The quantitative estimate of drug-likeness (QED) is 0.878. The van der Waals surface area contributed by atoms with Gasteiger partial charge < -0.3 is 15.0 Å². The zero-order valence-corrected chi connectivity index (χ0v) is 13.4. The second-order valence-electron chi connectivity index (χ2n) is 5.44. The number of rotatable bonds is 6. The molecule has 1 fully saturated rings. The maximum Gasteiger partial charge on any atom is 0.263 e. The molecule has 2 atom stereocenters. The smallest absolute Gasteiger partial charge is 0.263 e. The number of likely N-dealkylation sites (tertiary alicyclic amines) is 1. The summed E-state index contributed by atoms with van der Waals surface area (Å²) in [5.41, 5.74) is 0. The van der Waals surface area contributed by atoms with Gasteiger partial charge in [-0.3, -0.25) is 4.79 Å². The second-order valence-corrected chi connectivity index (χ2v) is 5.85. The first-order valence-corrected chi connectivity index (χ1v) is 7.88. The molecule has 1 heterocycles. The van der Waals surface area contributed by atoms with E-state index in [1.54, 1.807) is 12.1 Å². The van der Waals surface area contributed by atoms with Gasteiger partial charge in [0, 0.05) is 13.1 Å². The van der Waals surface area contributed by atoms with Crippen LogP contribution in [0.25, 0.3) is 0 Å². The molecule has 1 aliphatic rings. The molecule has 1 N–H and O–H groups in total. The lowest BCUT2D eigenvalue weighted by atomic mass is 10.1. The van der Waals surface area contributed by atoms with Gasteiger partial charge in [0.2, 0.25) is 0 Å². The second kappa shape index (κ2) is 7.66. The van der Waals surface area contributed by atoms with Crippen LogP contribution in [0.15, 0.2) is 24.3 Å². The molecule has 5 heteroatoms. The largest absolute Gasteiger partial charge is 0.479 e. The number of nitrogens with one attached hydrogen (secondary N) is 1. The fourth-order valence-electron chi connectivity index (χ4n) is 2.69. The summed E-state index contributed by atoms with van der Waals surface area (Å²) in [6, 6.07) is 7.27. The summed E-state index contributed by atoms with van der Waals surface area (Å²) in [6.07, 6.45) is 1.23. The maximum absolute atomic E-state index is 12.6. The molecular weight excluding hydrogens is 288 g/mol. The number of carbonyl (C=O) groups is 1. The number of halogens is 1. The van der Waals surface area contributed by atoms with Crippen molar-refractivity contribution in [3.63, 3.8) is 0 Å². The van der Waals surface area contributed by atoms with Gasteiger partial charge in [-0.2, -0.15) is 0 Å². The Labute approximate surface area is 131 Å². The minimum Gasteiger partial charge on any atom is -0.479 e. The van der Waals surface area contributed by atoms with E-state index >= 15 is 0 Å². The van der Waals surface area contributed by atoms with Gasteiger partial charge in [0.1, 0.15) is 5.75 Å². The molecule has 0 bridgehead atoms. The third-order valence-electron chi connectivity index (χ3n) is 3.84. The van der Waals surface area contributed by atoms with Crippen molar-refractivity contribution in [3.8, 4) is 5.75 Å². The SMILES string of the molecule is CCC(Oc1ccccc1Cl)C(=O)N1CCC(CNC)C1. The topological polar surface area (TPSA) is 41.6 Å². The van der Waals surface area contributed by atoms with Crippen molar-refractivity contribution in [1.29, 1.82) is 0 Å². The highest BCUT2D eigenvalue weighted by atomic mass is 35.5.